The molecule has 164 valence electrons. The molecule has 1 aromatic rings. The average Bonchev–Trinajstić information content (AvgIpc) is 2.84. The minimum Gasteiger partial charge on any atom is -0.444 e. The summed E-state index contributed by atoms with van der Waals surface area (Å²) in [6, 6.07) is 0. The van der Waals surface area contributed by atoms with Gasteiger partial charge in [0.2, 0.25) is 5.91 Å². The van der Waals surface area contributed by atoms with Crippen LogP contribution in [0.25, 0.3) is 0 Å². The molecule has 2 amide bonds. The van der Waals surface area contributed by atoms with Crippen LogP contribution in [0.1, 0.15) is 46.5 Å². The highest BCUT2D eigenvalue weighted by Crippen LogP contribution is 2.43. The van der Waals surface area contributed by atoms with Crippen LogP contribution in [0.3, 0.4) is 0 Å². The van der Waals surface area contributed by atoms with Gasteiger partial charge in [0, 0.05) is 12.5 Å². The van der Waals surface area contributed by atoms with Crippen molar-refractivity contribution >= 4 is 72.5 Å². The summed E-state index contributed by atoms with van der Waals surface area (Å²) in [6.07, 6.45) is 1.98. The molecule has 0 radical (unpaired) electrons. The van der Waals surface area contributed by atoms with E-state index in [-0.39, 0.29) is 24.0 Å². The van der Waals surface area contributed by atoms with Gasteiger partial charge in [0.25, 0.3) is 10.0 Å². The van der Waals surface area contributed by atoms with Crippen LogP contribution in [-0.2, 0) is 19.6 Å². The van der Waals surface area contributed by atoms with E-state index < -0.39 is 33.5 Å². The van der Waals surface area contributed by atoms with Gasteiger partial charge in [-0.25, -0.2) is 17.9 Å². The number of carbonyl (C=O) groups is 2. The Labute approximate surface area is 193 Å². The third-order valence-corrected chi connectivity index (χ3v) is 9.20. The van der Waals surface area contributed by atoms with Gasteiger partial charge in [-0.2, -0.15) is 0 Å². The third kappa shape index (κ3) is 6.99. The molecule has 0 saturated heterocycles. The van der Waals surface area contributed by atoms with E-state index in [0.29, 0.717) is 32.2 Å². The Morgan fingerprint density at radius 2 is 1.76 bits per heavy atom. The van der Waals surface area contributed by atoms with E-state index in [2.05, 4.69) is 26.0 Å². The number of alkyl carbamates (subject to hydrolysis) is 1. The van der Waals surface area contributed by atoms with Crippen LogP contribution in [0.5, 0.6) is 0 Å². The Kier molecular flexibility index (Phi) is 8.28. The number of hydrogen-bond acceptors (Lipinski definition) is 6. The minimum atomic E-state index is -4.13. The third-order valence-electron chi connectivity index (χ3n) is 4.38. The fourth-order valence-electron chi connectivity index (χ4n) is 3.01. The van der Waals surface area contributed by atoms with Crippen LogP contribution < -0.4 is 10.0 Å². The molecule has 0 spiro atoms. The van der Waals surface area contributed by atoms with E-state index >= 15 is 0 Å². The fraction of sp³-hybridized carbons (Fsp3) is 0.647. The molecule has 1 aliphatic carbocycles. The number of rotatable bonds is 5. The maximum Gasteiger partial charge on any atom is 0.407 e. The summed E-state index contributed by atoms with van der Waals surface area (Å²) in [5.74, 6) is -0.773. The average molecular weight is 550 g/mol. The van der Waals surface area contributed by atoms with Crippen LogP contribution in [0.2, 0.25) is 8.67 Å². The highest BCUT2D eigenvalue weighted by Gasteiger charge is 2.32. The number of sulfonamides is 1. The molecule has 1 aromatic heterocycles. The molecule has 2 rings (SSSR count). The van der Waals surface area contributed by atoms with E-state index in [1.807, 2.05) is 0 Å². The molecule has 0 bridgehead atoms. The van der Waals surface area contributed by atoms with Crippen molar-refractivity contribution < 1.29 is 22.7 Å². The number of hydrogen-bond donors (Lipinski definition) is 2. The van der Waals surface area contributed by atoms with Crippen LogP contribution in [0.15, 0.2) is 9.37 Å². The molecule has 1 fully saturated rings. The molecule has 2 N–H and O–H groups in total. The number of ether oxygens (including phenoxy) is 1. The van der Waals surface area contributed by atoms with Gasteiger partial charge in [0.15, 0.2) is 0 Å². The summed E-state index contributed by atoms with van der Waals surface area (Å²) >= 11 is 15.9. The van der Waals surface area contributed by atoms with Crippen molar-refractivity contribution in [3.8, 4) is 0 Å². The van der Waals surface area contributed by atoms with Gasteiger partial charge in [-0.15, -0.1) is 11.3 Å². The topological polar surface area (TPSA) is 102 Å². The van der Waals surface area contributed by atoms with Gasteiger partial charge in [-0.1, -0.05) is 23.2 Å². The Morgan fingerprint density at radius 1 is 1.17 bits per heavy atom. The maximum atomic E-state index is 12.5. The minimum absolute atomic E-state index is 0.0147. The molecular weight excluding hydrogens is 527 g/mol. The molecule has 0 atom stereocenters. The molecule has 12 heteroatoms. The quantitative estimate of drug-likeness (QED) is 0.540. The molecular formula is C17H23BrCl2N2O5S2. The first-order valence-electron chi connectivity index (χ1n) is 8.97. The monoisotopic (exact) mass is 548 g/mol. The zero-order valence-corrected chi connectivity index (χ0v) is 20.9. The largest absolute Gasteiger partial charge is 0.444 e. The molecule has 0 unspecified atom stereocenters. The van der Waals surface area contributed by atoms with Crippen molar-refractivity contribution in [2.24, 2.45) is 11.8 Å². The van der Waals surface area contributed by atoms with Crippen molar-refractivity contribution in [1.82, 2.24) is 10.0 Å². The smallest absolute Gasteiger partial charge is 0.407 e. The van der Waals surface area contributed by atoms with E-state index in [1.54, 1.807) is 20.8 Å². The first-order chi connectivity index (χ1) is 13.3. The van der Waals surface area contributed by atoms with Gasteiger partial charge >= 0.3 is 6.09 Å². The second kappa shape index (κ2) is 9.72. The molecule has 1 heterocycles. The molecule has 0 aliphatic heterocycles. The first-order valence-corrected chi connectivity index (χ1v) is 12.8. The van der Waals surface area contributed by atoms with E-state index in [4.69, 9.17) is 27.9 Å². The number of amides is 2. The van der Waals surface area contributed by atoms with Crippen LogP contribution >= 0.6 is 50.5 Å². The van der Waals surface area contributed by atoms with E-state index in [1.165, 1.54) is 0 Å². The van der Waals surface area contributed by atoms with Gasteiger partial charge in [-0.05, 0) is 68.3 Å². The SMILES string of the molecule is CC(C)(C)OC(=O)NCC1CCC(C(=O)NS(=O)(=O)c2c(Cl)sc(Cl)c2Br)CC1. The number of thiophene rings is 1. The van der Waals surface area contributed by atoms with Crippen molar-refractivity contribution in [3.05, 3.63) is 13.1 Å². The summed E-state index contributed by atoms with van der Waals surface area (Å²) in [5.41, 5.74) is -0.560. The Morgan fingerprint density at radius 3 is 2.24 bits per heavy atom. The normalized spacial score (nSPS) is 20.2. The fourth-order valence-corrected chi connectivity index (χ4v) is 7.61. The standard InChI is InChI=1S/C17H23BrCl2N2O5S2/c1-17(2,3)27-16(24)21-8-9-4-6-10(7-5-9)15(23)22-29(25,26)12-11(18)13(19)28-14(12)20/h9-10H,4-8H2,1-3H3,(H,21,24)(H,22,23). The molecule has 7 nitrogen and oxygen atoms in total. The molecule has 1 aliphatic rings. The Hall–Kier alpha value is -0.550. The first kappa shape index (κ1) is 24.7. The molecule has 0 aromatic carbocycles. The second-order valence-corrected chi connectivity index (χ2v) is 12.5. The zero-order chi connectivity index (χ0) is 22.0. The van der Waals surface area contributed by atoms with Crippen LogP contribution in [0.4, 0.5) is 4.79 Å². The van der Waals surface area contributed by atoms with Crippen molar-refractivity contribution in [2.45, 2.75) is 57.0 Å². The zero-order valence-electron chi connectivity index (χ0n) is 16.2. The lowest BCUT2D eigenvalue weighted by molar-refractivity contribution is -0.124. The highest BCUT2D eigenvalue weighted by molar-refractivity contribution is 9.10. The lowest BCUT2D eigenvalue weighted by atomic mass is 9.82. The maximum absolute atomic E-state index is 12.5. The second-order valence-electron chi connectivity index (χ2n) is 7.86. The number of nitrogens with one attached hydrogen (secondary N) is 2. The number of carbonyl (C=O) groups excluding carboxylic acids is 2. The van der Waals surface area contributed by atoms with Crippen molar-refractivity contribution in [3.63, 3.8) is 0 Å². The van der Waals surface area contributed by atoms with Crippen LogP contribution in [-0.4, -0.2) is 32.6 Å². The Balaban J connectivity index is 1.86. The molecule has 1 saturated carbocycles. The summed E-state index contributed by atoms with van der Waals surface area (Å²) in [7, 11) is -4.13. The van der Waals surface area contributed by atoms with Gasteiger partial charge in [0.1, 0.15) is 19.2 Å². The summed E-state index contributed by atoms with van der Waals surface area (Å²) in [5, 5.41) is 2.74. The van der Waals surface area contributed by atoms with Gasteiger partial charge < -0.3 is 10.1 Å². The summed E-state index contributed by atoms with van der Waals surface area (Å²) < 4.78 is 32.7. The summed E-state index contributed by atoms with van der Waals surface area (Å²) in [6.45, 7) is 5.83. The summed E-state index contributed by atoms with van der Waals surface area (Å²) in [4.78, 5) is 24.0. The van der Waals surface area contributed by atoms with Gasteiger partial charge in [0.05, 0.1) is 4.47 Å². The van der Waals surface area contributed by atoms with Crippen molar-refractivity contribution in [1.29, 1.82) is 0 Å². The highest BCUT2D eigenvalue weighted by atomic mass is 79.9. The lowest BCUT2D eigenvalue weighted by Gasteiger charge is -2.28. The predicted molar refractivity (Wildman–Crippen MR) is 117 cm³/mol. The Bertz CT molecular complexity index is 875. The van der Waals surface area contributed by atoms with Crippen LogP contribution in [0, 0.1) is 11.8 Å². The lowest BCUT2D eigenvalue weighted by Crippen LogP contribution is -2.39. The van der Waals surface area contributed by atoms with Crippen molar-refractivity contribution in [2.75, 3.05) is 6.54 Å². The number of halogens is 3. The molecule has 29 heavy (non-hydrogen) atoms. The predicted octanol–water partition coefficient (Wildman–Crippen LogP) is 4.95. The van der Waals surface area contributed by atoms with Gasteiger partial charge in [-0.3, -0.25) is 4.79 Å². The van der Waals surface area contributed by atoms with E-state index in [0.717, 1.165) is 11.3 Å². The van der Waals surface area contributed by atoms with E-state index in [9.17, 15) is 18.0 Å².